The van der Waals surface area contributed by atoms with Gasteiger partial charge in [-0.15, -0.1) is 0 Å². The maximum Gasteiger partial charge on any atom is 0.250 e. The molecule has 0 saturated heterocycles. The maximum absolute atomic E-state index is 12.9. The lowest BCUT2D eigenvalue weighted by Gasteiger charge is -2.05. The fourth-order valence-corrected chi connectivity index (χ4v) is 1.24. The highest BCUT2D eigenvalue weighted by Gasteiger charge is 2.16. The van der Waals surface area contributed by atoms with Crippen molar-refractivity contribution in [3.05, 3.63) is 27.5 Å². The van der Waals surface area contributed by atoms with Crippen molar-refractivity contribution in [2.45, 2.75) is 0 Å². The van der Waals surface area contributed by atoms with Gasteiger partial charge in [-0.05, 0) is 6.07 Å². The predicted octanol–water partition coefficient (Wildman–Crippen LogP) is 1.81. The van der Waals surface area contributed by atoms with Crippen LogP contribution in [-0.2, 0) is 0 Å². The van der Waals surface area contributed by atoms with Gasteiger partial charge in [0.05, 0.1) is 16.3 Å². The predicted molar refractivity (Wildman–Crippen MR) is 49.4 cm³/mol. The molecule has 0 fully saturated rings. The molecular formula is C7H5Cl2FN2O. The Balaban J connectivity index is 3.50. The van der Waals surface area contributed by atoms with Crippen LogP contribution >= 0.6 is 23.2 Å². The van der Waals surface area contributed by atoms with Gasteiger partial charge in [0.15, 0.2) is 0 Å². The van der Waals surface area contributed by atoms with E-state index in [1.807, 2.05) is 0 Å². The van der Waals surface area contributed by atoms with E-state index in [1.165, 1.54) is 0 Å². The van der Waals surface area contributed by atoms with Crippen LogP contribution in [0.5, 0.6) is 0 Å². The van der Waals surface area contributed by atoms with E-state index < -0.39 is 11.7 Å². The largest absolute Gasteiger partial charge is 0.396 e. The van der Waals surface area contributed by atoms with E-state index in [2.05, 4.69) is 0 Å². The summed E-state index contributed by atoms with van der Waals surface area (Å²) < 4.78 is 12.9. The lowest BCUT2D eigenvalue weighted by atomic mass is 10.2. The Bertz CT molecular complexity index is 381. The first-order chi connectivity index (χ1) is 5.95. The van der Waals surface area contributed by atoms with Crippen LogP contribution in [0.1, 0.15) is 10.4 Å². The van der Waals surface area contributed by atoms with Gasteiger partial charge >= 0.3 is 0 Å². The van der Waals surface area contributed by atoms with Crippen LogP contribution in [0, 0.1) is 5.82 Å². The van der Waals surface area contributed by atoms with Crippen LogP contribution in [0.15, 0.2) is 6.07 Å². The second kappa shape index (κ2) is 3.40. The van der Waals surface area contributed by atoms with Crippen LogP contribution in [0.2, 0.25) is 10.0 Å². The lowest BCUT2D eigenvalue weighted by Crippen LogP contribution is -2.13. The van der Waals surface area contributed by atoms with Crippen molar-refractivity contribution in [2.24, 2.45) is 5.73 Å². The number of nitrogens with two attached hydrogens (primary N) is 2. The van der Waals surface area contributed by atoms with Gasteiger partial charge in [-0.1, -0.05) is 23.2 Å². The second-order valence-corrected chi connectivity index (χ2v) is 3.07. The van der Waals surface area contributed by atoms with Gasteiger partial charge in [0.1, 0.15) is 10.8 Å². The number of hydrogen-bond donors (Lipinski definition) is 2. The van der Waals surface area contributed by atoms with Crippen molar-refractivity contribution in [3.63, 3.8) is 0 Å². The number of nitrogen functional groups attached to an aromatic ring is 1. The molecule has 0 aliphatic carbocycles. The van der Waals surface area contributed by atoms with E-state index in [0.29, 0.717) is 0 Å². The van der Waals surface area contributed by atoms with Gasteiger partial charge in [-0.25, -0.2) is 4.39 Å². The molecule has 4 N–H and O–H groups in total. The molecule has 0 bridgehead atoms. The number of anilines is 1. The third-order valence-corrected chi connectivity index (χ3v) is 2.25. The molecule has 1 aromatic rings. The number of carbonyl (C=O) groups is 1. The number of hydrogen-bond acceptors (Lipinski definition) is 2. The Kier molecular flexibility index (Phi) is 2.63. The van der Waals surface area contributed by atoms with E-state index in [9.17, 15) is 9.18 Å². The van der Waals surface area contributed by atoms with Crippen molar-refractivity contribution in [1.29, 1.82) is 0 Å². The smallest absolute Gasteiger partial charge is 0.250 e. The van der Waals surface area contributed by atoms with Gasteiger partial charge in [-0.3, -0.25) is 4.79 Å². The number of rotatable bonds is 1. The molecule has 0 aromatic heterocycles. The molecule has 0 unspecified atom stereocenters. The minimum atomic E-state index is -0.854. The standard InChI is InChI=1S/C7H5Cl2FN2O/c8-4-2(7(12)13)1-3(10)5(9)6(4)11/h1H,11H2,(H2,12,13). The molecule has 0 aliphatic rings. The van der Waals surface area contributed by atoms with E-state index in [0.717, 1.165) is 6.07 Å². The summed E-state index contributed by atoms with van der Waals surface area (Å²) in [6, 6.07) is 0.851. The van der Waals surface area contributed by atoms with E-state index in [-0.39, 0.29) is 21.3 Å². The number of carbonyl (C=O) groups excluding carboxylic acids is 1. The molecular weight excluding hydrogens is 218 g/mol. The molecule has 0 atom stereocenters. The molecule has 13 heavy (non-hydrogen) atoms. The molecule has 0 radical (unpaired) electrons. The van der Waals surface area contributed by atoms with Crippen LogP contribution in [-0.4, -0.2) is 5.91 Å². The Morgan fingerprint density at radius 1 is 1.38 bits per heavy atom. The Morgan fingerprint density at radius 3 is 2.38 bits per heavy atom. The zero-order chi connectivity index (χ0) is 10.2. The van der Waals surface area contributed by atoms with Crippen molar-refractivity contribution in [1.82, 2.24) is 0 Å². The van der Waals surface area contributed by atoms with Crippen LogP contribution < -0.4 is 11.5 Å². The monoisotopic (exact) mass is 222 g/mol. The highest BCUT2D eigenvalue weighted by molar-refractivity contribution is 6.40. The molecule has 70 valence electrons. The third-order valence-electron chi connectivity index (χ3n) is 1.46. The first-order valence-electron chi connectivity index (χ1n) is 3.18. The quantitative estimate of drug-likeness (QED) is 0.563. The fourth-order valence-electron chi connectivity index (χ4n) is 0.803. The molecule has 0 heterocycles. The molecule has 1 amide bonds. The number of halogens is 3. The third kappa shape index (κ3) is 1.68. The molecule has 1 aromatic carbocycles. The van der Waals surface area contributed by atoms with E-state index in [4.69, 9.17) is 34.7 Å². The molecule has 1 rings (SSSR count). The normalized spacial score (nSPS) is 10.1. The van der Waals surface area contributed by atoms with Crippen molar-refractivity contribution in [2.75, 3.05) is 5.73 Å². The minimum Gasteiger partial charge on any atom is -0.396 e. The minimum absolute atomic E-state index is 0.126. The van der Waals surface area contributed by atoms with Crippen molar-refractivity contribution in [3.8, 4) is 0 Å². The average Bonchev–Trinajstić information content (AvgIpc) is 2.07. The Morgan fingerprint density at radius 2 is 1.92 bits per heavy atom. The van der Waals surface area contributed by atoms with Gasteiger partial charge in [0.25, 0.3) is 0 Å². The fraction of sp³-hybridized carbons (Fsp3) is 0. The molecule has 0 aliphatic heterocycles. The van der Waals surface area contributed by atoms with Gasteiger partial charge in [-0.2, -0.15) is 0 Å². The van der Waals surface area contributed by atoms with E-state index >= 15 is 0 Å². The second-order valence-electron chi connectivity index (χ2n) is 2.31. The number of amides is 1. The molecule has 6 heteroatoms. The SMILES string of the molecule is NC(=O)c1cc(F)c(Cl)c(N)c1Cl. The summed E-state index contributed by atoms with van der Waals surface area (Å²) in [6.45, 7) is 0. The van der Waals surface area contributed by atoms with Crippen molar-refractivity contribution >= 4 is 34.8 Å². The summed E-state index contributed by atoms with van der Waals surface area (Å²) in [5.74, 6) is -1.68. The summed E-state index contributed by atoms with van der Waals surface area (Å²) in [5, 5.41) is -0.436. The van der Waals surface area contributed by atoms with Crippen molar-refractivity contribution < 1.29 is 9.18 Å². The van der Waals surface area contributed by atoms with Gasteiger partial charge < -0.3 is 11.5 Å². The number of primary amides is 1. The highest BCUT2D eigenvalue weighted by Crippen LogP contribution is 2.32. The zero-order valence-corrected chi connectivity index (χ0v) is 7.79. The maximum atomic E-state index is 12.9. The summed E-state index contributed by atoms with van der Waals surface area (Å²) in [4.78, 5) is 10.7. The van der Waals surface area contributed by atoms with Gasteiger partial charge in [0, 0.05) is 0 Å². The molecule has 0 saturated carbocycles. The number of benzene rings is 1. The molecule has 3 nitrogen and oxygen atoms in total. The average molecular weight is 223 g/mol. The van der Waals surface area contributed by atoms with Crippen LogP contribution in [0.4, 0.5) is 10.1 Å². The summed E-state index contributed by atoms with van der Waals surface area (Å²) >= 11 is 11.0. The zero-order valence-electron chi connectivity index (χ0n) is 6.27. The first-order valence-corrected chi connectivity index (χ1v) is 3.93. The summed E-state index contributed by atoms with van der Waals surface area (Å²) in [6.07, 6.45) is 0. The van der Waals surface area contributed by atoms with Gasteiger partial charge in [0.2, 0.25) is 5.91 Å². The molecule has 0 spiro atoms. The Labute approximate surface area is 83.4 Å². The Hall–Kier alpha value is -1.00. The topological polar surface area (TPSA) is 69.1 Å². The first kappa shape index (κ1) is 10.1. The lowest BCUT2D eigenvalue weighted by molar-refractivity contribution is 0.1000. The highest BCUT2D eigenvalue weighted by atomic mass is 35.5. The van der Waals surface area contributed by atoms with Crippen LogP contribution in [0.3, 0.4) is 0 Å². The summed E-state index contributed by atoms with van der Waals surface area (Å²) in [5.41, 5.74) is 9.86. The van der Waals surface area contributed by atoms with E-state index in [1.54, 1.807) is 0 Å². The summed E-state index contributed by atoms with van der Waals surface area (Å²) in [7, 11) is 0. The van der Waals surface area contributed by atoms with Crippen LogP contribution in [0.25, 0.3) is 0 Å².